The van der Waals surface area contributed by atoms with E-state index in [1.165, 1.54) is 11.5 Å². The third kappa shape index (κ3) is 1.95. The van der Waals surface area contributed by atoms with E-state index < -0.39 is 0 Å². The standard InChI is InChI=1S/C8H12N2OS/c1-4-9-5-2-7(1)11-8-3-6-12-10-8/h3,6-7,9H,1-2,4-5H2. The van der Waals surface area contributed by atoms with Crippen LogP contribution in [0.15, 0.2) is 11.4 Å². The first-order valence-electron chi connectivity index (χ1n) is 4.23. The predicted octanol–water partition coefficient (Wildman–Crippen LogP) is 1.27. The molecule has 4 heteroatoms. The molecular formula is C8H12N2OS. The lowest BCUT2D eigenvalue weighted by Crippen LogP contribution is -2.34. The lowest BCUT2D eigenvalue weighted by Gasteiger charge is -2.22. The monoisotopic (exact) mass is 184 g/mol. The van der Waals surface area contributed by atoms with E-state index in [9.17, 15) is 0 Å². The minimum absolute atomic E-state index is 0.369. The van der Waals surface area contributed by atoms with Crippen LogP contribution in [-0.2, 0) is 0 Å². The van der Waals surface area contributed by atoms with E-state index in [1.807, 2.05) is 11.4 Å². The number of ether oxygens (including phenoxy) is 1. The molecule has 3 nitrogen and oxygen atoms in total. The van der Waals surface area contributed by atoms with Crippen molar-refractivity contribution in [3.05, 3.63) is 11.4 Å². The highest BCUT2D eigenvalue weighted by molar-refractivity contribution is 7.03. The topological polar surface area (TPSA) is 34.1 Å². The Labute approximate surface area is 75.9 Å². The van der Waals surface area contributed by atoms with Gasteiger partial charge in [-0.15, -0.1) is 0 Å². The van der Waals surface area contributed by atoms with Crippen molar-refractivity contribution in [1.82, 2.24) is 9.69 Å². The molecule has 1 aliphatic rings. The molecule has 0 bridgehead atoms. The van der Waals surface area contributed by atoms with E-state index in [1.54, 1.807) is 0 Å². The second kappa shape index (κ2) is 3.87. The highest BCUT2D eigenvalue weighted by Crippen LogP contribution is 2.15. The van der Waals surface area contributed by atoms with Crippen LogP contribution in [-0.4, -0.2) is 23.6 Å². The van der Waals surface area contributed by atoms with Gasteiger partial charge < -0.3 is 10.1 Å². The zero-order chi connectivity index (χ0) is 8.23. The lowest BCUT2D eigenvalue weighted by molar-refractivity contribution is 0.157. The fourth-order valence-electron chi connectivity index (χ4n) is 1.35. The van der Waals surface area contributed by atoms with E-state index >= 15 is 0 Å². The van der Waals surface area contributed by atoms with Crippen LogP contribution < -0.4 is 10.1 Å². The molecule has 1 saturated heterocycles. The van der Waals surface area contributed by atoms with Crippen LogP contribution in [0.5, 0.6) is 5.88 Å². The molecule has 12 heavy (non-hydrogen) atoms. The number of aromatic nitrogens is 1. The fourth-order valence-corrected chi connectivity index (χ4v) is 1.79. The van der Waals surface area contributed by atoms with Crippen LogP contribution in [0.3, 0.4) is 0 Å². The van der Waals surface area contributed by atoms with Gasteiger partial charge in [-0.05, 0) is 37.5 Å². The van der Waals surface area contributed by atoms with Crippen LogP contribution in [0.25, 0.3) is 0 Å². The van der Waals surface area contributed by atoms with E-state index in [0.29, 0.717) is 6.10 Å². The molecule has 2 heterocycles. The molecule has 1 aromatic rings. The SMILES string of the molecule is c1cc(OC2CCNCC2)ns1. The van der Waals surface area contributed by atoms with E-state index in [-0.39, 0.29) is 0 Å². The molecule has 1 aromatic heterocycles. The van der Waals surface area contributed by atoms with Crippen molar-refractivity contribution in [1.29, 1.82) is 0 Å². The summed E-state index contributed by atoms with van der Waals surface area (Å²) in [6, 6.07) is 1.92. The van der Waals surface area contributed by atoms with Gasteiger partial charge in [-0.3, -0.25) is 0 Å². The van der Waals surface area contributed by atoms with Gasteiger partial charge >= 0.3 is 0 Å². The Bertz CT molecular complexity index is 219. The van der Waals surface area contributed by atoms with Gasteiger partial charge in [0.15, 0.2) is 0 Å². The Morgan fingerprint density at radius 2 is 2.33 bits per heavy atom. The maximum atomic E-state index is 5.65. The number of hydrogen-bond donors (Lipinski definition) is 1. The number of rotatable bonds is 2. The first-order chi connectivity index (χ1) is 5.95. The van der Waals surface area contributed by atoms with Gasteiger partial charge in [-0.1, -0.05) is 0 Å². The molecular weight excluding hydrogens is 172 g/mol. The first kappa shape index (κ1) is 8.01. The Morgan fingerprint density at radius 3 is 3.00 bits per heavy atom. The Hall–Kier alpha value is -0.610. The van der Waals surface area contributed by atoms with Crippen molar-refractivity contribution in [2.75, 3.05) is 13.1 Å². The molecule has 2 rings (SSSR count). The summed E-state index contributed by atoms with van der Waals surface area (Å²) in [6.45, 7) is 2.13. The highest BCUT2D eigenvalue weighted by atomic mass is 32.1. The van der Waals surface area contributed by atoms with E-state index in [4.69, 9.17) is 4.74 Å². The number of nitrogens with one attached hydrogen (secondary N) is 1. The summed E-state index contributed by atoms with van der Waals surface area (Å²) in [5.41, 5.74) is 0. The smallest absolute Gasteiger partial charge is 0.225 e. The fraction of sp³-hybridized carbons (Fsp3) is 0.625. The molecule has 1 fully saturated rings. The third-order valence-corrected chi connectivity index (χ3v) is 2.53. The molecule has 0 spiro atoms. The largest absolute Gasteiger partial charge is 0.474 e. The molecule has 0 atom stereocenters. The summed E-state index contributed by atoms with van der Waals surface area (Å²) >= 11 is 1.44. The maximum absolute atomic E-state index is 5.65. The molecule has 1 N–H and O–H groups in total. The maximum Gasteiger partial charge on any atom is 0.225 e. The van der Waals surface area contributed by atoms with Crippen molar-refractivity contribution in [3.8, 4) is 5.88 Å². The Morgan fingerprint density at radius 1 is 1.50 bits per heavy atom. The quantitative estimate of drug-likeness (QED) is 0.751. The van der Waals surface area contributed by atoms with Gasteiger partial charge in [0.25, 0.3) is 0 Å². The van der Waals surface area contributed by atoms with Crippen molar-refractivity contribution in [2.45, 2.75) is 18.9 Å². The summed E-state index contributed by atoms with van der Waals surface area (Å²) in [7, 11) is 0. The predicted molar refractivity (Wildman–Crippen MR) is 48.6 cm³/mol. The van der Waals surface area contributed by atoms with Gasteiger partial charge in [0.1, 0.15) is 6.10 Å². The van der Waals surface area contributed by atoms with E-state index in [0.717, 1.165) is 31.8 Å². The number of piperidine rings is 1. The van der Waals surface area contributed by atoms with Crippen LogP contribution in [0.2, 0.25) is 0 Å². The van der Waals surface area contributed by atoms with Crippen molar-refractivity contribution < 1.29 is 4.74 Å². The average molecular weight is 184 g/mol. The number of hydrogen-bond acceptors (Lipinski definition) is 4. The van der Waals surface area contributed by atoms with Gasteiger partial charge in [0.05, 0.1) is 0 Å². The summed E-state index contributed by atoms with van der Waals surface area (Å²) in [6.07, 6.45) is 2.56. The summed E-state index contributed by atoms with van der Waals surface area (Å²) in [4.78, 5) is 0. The van der Waals surface area contributed by atoms with Crippen molar-refractivity contribution in [3.63, 3.8) is 0 Å². The molecule has 0 aromatic carbocycles. The second-order valence-electron chi connectivity index (χ2n) is 2.90. The van der Waals surface area contributed by atoms with Gasteiger partial charge in [-0.2, -0.15) is 4.37 Å². The lowest BCUT2D eigenvalue weighted by atomic mass is 10.1. The van der Waals surface area contributed by atoms with Crippen LogP contribution in [0, 0.1) is 0 Å². The summed E-state index contributed by atoms with van der Waals surface area (Å²) < 4.78 is 9.76. The van der Waals surface area contributed by atoms with Gasteiger partial charge in [0, 0.05) is 11.4 Å². The van der Waals surface area contributed by atoms with Crippen LogP contribution in [0.1, 0.15) is 12.8 Å². The van der Waals surface area contributed by atoms with Crippen LogP contribution in [0.4, 0.5) is 0 Å². The highest BCUT2D eigenvalue weighted by Gasteiger charge is 2.14. The average Bonchev–Trinajstić information content (AvgIpc) is 2.59. The first-order valence-corrected chi connectivity index (χ1v) is 5.06. The van der Waals surface area contributed by atoms with Gasteiger partial charge in [0.2, 0.25) is 5.88 Å². The molecule has 66 valence electrons. The normalized spacial score (nSPS) is 19.3. The zero-order valence-electron chi connectivity index (χ0n) is 6.82. The Kier molecular flexibility index (Phi) is 2.58. The molecule has 0 radical (unpaired) electrons. The van der Waals surface area contributed by atoms with Gasteiger partial charge in [-0.25, -0.2) is 0 Å². The van der Waals surface area contributed by atoms with Crippen molar-refractivity contribution >= 4 is 11.5 Å². The number of nitrogens with zero attached hydrogens (tertiary/aromatic N) is 1. The van der Waals surface area contributed by atoms with Crippen LogP contribution >= 0.6 is 11.5 Å². The minimum Gasteiger partial charge on any atom is -0.474 e. The third-order valence-electron chi connectivity index (χ3n) is 1.99. The molecule has 0 aliphatic carbocycles. The zero-order valence-corrected chi connectivity index (χ0v) is 7.64. The van der Waals surface area contributed by atoms with E-state index in [2.05, 4.69) is 9.69 Å². The second-order valence-corrected chi connectivity index (χ2v) is 3.57. The Balaban J connectivity index is 1.86. The summed E-state index contributed by atoms with van der Waals surface area (Å²) in [5.74, 6) is 0.784. The van der Waals surface area contributed by atoms with Crippen molar-refractivity contribution in [2.24, 2.45) is 0 Å². The molecule has 1 aliphatic heterocycles. The molecule has 0 saturated carbocycles. The summed E-state index contributed by atoms with van der Waals surface area (Å²) in [5, 5.41) is 5.24. The molecule has 0 unspecified atom stereocenters. The molecule has 0 amide bonds. The minimum atomic E-state index is 0.369.